The van der Waals surface area contributed by atoms with Crippen LogP contribution in [0.15, 0.2) is 42.6 Å². The first-order valence-electron chi connectivity index (χ1n) is 8.21. The number of ether oxygens (including phenoxy) is 1. The molecule has 2 rings (SSSR count). The van der Waals surface area contributed by atoms with E-state index in [1.165, 1.54) is 25.4 Å². The maximum atomic E-state index is 12.5. The van der Waals surface area contributed by atoms with Crippen molar-refractivity contribution in [3.63, 3.8) is 0 Å². The van der Waals surface area contributed by atoms with E-state index in [9.17, 15) is 14.4 Å². The first-order valence-corrected chi connectivity index (χ1v) is 8.21. The molecule has 0 saturated carbocycles. The van der Waals surface area contributed by atoms with E-state index in [-0.39, 0.29) is 23.2 Å². The molecule has 0 spiro atoms. The summed E-state index contributed by atoms with van der Waals surface area (Å²) in [6, 6.07) is 9.46. The molecule has 1 heterocycles. The molecular formula is C19H21N3O4. The number of hydrogen-bond donors (Lipinski definition) is 2. The zero-order valence-electron chi connectivity index (χ0n) is 14.9. The van der Waals surface area contributed by atoms with Crippen molar-refractivity contribution in [3.05, 3.63) is 59.4 Å². The van der Waals surface area contributed by atoms with Crippen LogP contribution in [-0.4, -0.2) is 35.9 Å². The van der Waals surface area contributed by atoms with Gasteiger partial charge in [-0.3, -0.25) is 14.6 Å². The molecule has 1 aromatic heterocycles. The average molecular weight is 355 g/mol. The lowest BCUT2D eigenvalue weighted by atomic mass is 10.1. The second-order valence-electron chi connectivity index (χ2n) is 5.70. The standard InChI is InChI=1S/C19H21N3O4/c1-4-12(2)21-17(23)13-9-10-20-16(11-13)18(24)22-15-8-6-5-7-14(15)19(25)26-3/h5-12H,4H2,1-3H3,(H,21,23)(H,22,24). The minimum atomic E-state index is -0.560. The Balaban J connectivity index is 2.20. The molecule has 0 bridgehead atoms. The lowest BCUT2D eigenvalue weighted by Gasteiger charge is -2.12. The van der Waals surface area contributed by atoms with Gasteiger partial charge in [-0.15, -0.1) is 0 Å². The van der Waals surface area contributed by atoms with E-state index in [2.05, 4.69) is 15.6 Å². The molecule has 2 amide bonds. The number of amides is 2. The summed E-state index contributed by atoms with van der Waals surface area (Å²) in [5.41, 5.74) is 0.947. The number of anilines is 1. The predicted molar refractivity (Wildman–Crippen MR) is 97.2 cm³/mol. The number of nitrogens with one attached hydrogen (secondary N) is 2. The molecule has 0 saturated heterocycles. The molecule has 2 N–H and O–H groups in total. The number of carbonyl (C=O) groups excluding carboxylic acids is 3. The largest absolute Gasteiger partial charge is 0.465 e. The number of nitrogens with zero attached hydrogens (tertiary/aromatic N) is 1. The number of aromatic nitrogens is 1. The predicted octanol–water partition coefficient (Wildman–Crippen LogP) is 2.65. The van der Waals surface area contributed by atoms with Crippen molar-refractivity contribution in [2.24, 2.45) is 0 Å². The summed E-state index contributed by atoms with van der Waals surface area (Å²) >= 11 is 0. The number of carbonyl (C=O) groups is 3. The van der Waals surface area contributed by atoms with Crippen LogP contribution in [0.1, 0.15) is 51.5 Å². The van der Waals surface area contributed by atoms with Gasteiger partial charge in [0.15, 0.2) is 0 Å². The molecule has 2 aromatic rings. The highest BCUT2D eigenvalue weighted by Gasteiger charge is 2.16. The van der Waals surface area contributed by atoms with Gasteiger partial charge in [0.25, 0.3) is 11.8 Å². The van der Waals surface area contributed by atoms with Crippen LogP contribution in [0.3, 0.4) is 0 Å². The highest BCUT2D eigenvalue weighted by Crippen LogP contribution is 2.17. The number of hydrogen-bond acceptors (Lipinski definition) is 5. The maximum absolute atomic E-state index is 12.5. The van der Waals surface area contributed by atoms with Crippen molar-refractivity contribution >= 4 is 23.5 Å². The average Bonchev–Trinajstić information content (AvgIpc) is 2.67. The molecule has 0 aliphatic rings. The van der Waals surface area contributed by atoms with Crippen LogP contribution in [0.25, 0.3) is 0 Å². The second-order valence-corrected chi connectivity index (χ2v) is 5.70. The third kappa shape index (κ3) is 4.66. The third-order valence-electron chi connectivity index (χ3n) is 3.83. The summed E-state index contributed by atoms with van der Waals surface area (Å²) in [4.78, 5) is 40.5. The molecule has 0 aliphatic carbocycles. The van der Waals surface area contributed by atoms with Crippen molar-refractivity contribution in [3.8, 4) is 0 Å². The molecule has 1 unspecified atom stereocenters. The van der Waals surface area contributed by atoms with Crippen molar-refractivity contribution in [2.45, 2.75) is 26.3 Å². The third-order valence-corrected chi connectivity index (χ3v) is 3.83. The highest BCUT2D eigenvalue weighted by atomic mass is 16.5. The van der Waals surface area contributed by atoms with Gasteiger partial charge in [0.1, 0.15) is 5.69 Å². The van der Waals surface area contributed by atoms with Crippen LogP contribution < -0.4 is 10.6 Å². The Hall–Kier alpha value is -3.22. The quantitative estimate of drug-likeness (QED) is 0.777. The van der Waals surface area contributed by atoms with Gasteiger partial charge >= 0.3 is 5.97 Å². The van der Waals surface area contributed by atoms with Crippen LogP contribution in [0.5, 0.6) is 0 Å². The van der Waals surface area contributed by atoms with Gasteiger partial charge < -0.3 is 15.4 Å². The molecule has 7 heteroatoms. The number of rotatable bonds is 6. The van der Waals surface area contributed by atoms with E-state index >= 15 is 0 Å². The summed E-state index contributed by atoms with van der Waals surface area (Å²) in [6.45, 7) is 3.87. The Labute approximate surface area is 151 Å². The lowest BCUT2D eigenvalue weighted by molar-refractivity contribution is 0.0601. The first kappa shape index (κ1) is 19.1. The SMILES string of the molecule is CCC(C)NC(=O)c1ccnc(C(=O)Nc2ccccc2C(=O)OC)c1. The topological polar surface area (TPSA) is 97.4 Å². The van der Waals surface area contributed by atoms with Crippen LogP contribution in [0.4, 0.5) is 5.69 Å². The van der Waals surface area contributed by atoms with E-state index in [0.29, 0.717) is 11.3 Å². The van der Waals surface area contributed by atoms with E-state index < -0.39 is 11.9 Å². The lowest BCUT2D eigenvalue weighted by Crippen LogP contribution is -2.32. The normalized spacial score (nSPS) is 11.3. The minimum absolute atomic E-state index is 0.0277. The Kier molecular flexibility index (Phi) is 6.43. The molecular weight excluding hydrogens is 334 g/mol. The fourth-order valence-electron chi connectivity index (χ4n) is 2.17. The zero-order chi connectivity index (χ0) is 19.1. The van der Waals surface area contributed by atoms with Crippen LogP contribution >= 0.6 is 0 Å². The van der Waals surface area contributed by atoms with Crippen molar-refractivity contribution in [2.75, 3.05) is 12.4 Å². The van der Waals surface area contributed by atoms with Gasteiger partial charge in [0.2, 0.25) is 0 Å². The summed E-state index contributed by atoms with van der Waals surface area (Å²) in [5, 5.41) is 5.46. The Morgan fingerprint density at radius 2 is 1.88 bits per heavy atom. The fourth-order valence-corrected chi connectivity index (χ4v) is 2.17. The van der Waals surface area contributed by atoms with E-state index in [1.807, 2.05) is 13.8 Å². The van der Waals surface area contributed by atoms with Gasteiger partial charge in [-0.2, -0.15) is 0 Å². The smallest absolute Gasteiger partial charge is 0.339 e. The minimum Gasteiger partial charge on any atom is -0.465 e. The van der Waals surface area contributed by atoms with E-state index in [0.717, 1.165) is 6.42 Å². The molecule has 0 radical (unpaired) electrons. The summed E-state index contributed by atoms with van der Waals surface area (Å²) in [6.07, 6.45) is 2.20. The van der Waals surface area contributed by atoms with Gasteiger partial charge in [-0.05, 0) is 37.6 Å². The number of benzene rings is 1. The van der Waals surface area contributed by atoms with Gasteiger partial charge in [0, 0.05) is 17.8 Å². The molecule has 7 nitrogen and oxygen atoms in total. The maximum Gasteiger partial charge on any atom is 0.339 e. The molecule has 1 atom stereocenters. The summed E-state index contributed by atoms with van der Waals surface area (Å²) in [5.74, 6) is -1.36. The molecule has 0 aliphatic heterocycles. The fraction of sp³-hybridized carbons (Fsp3) is 0.263. The van der Waals surface area contributed by atoms with Gasteiger partial charge in [-0.25, -0.2) is 4.79 Å². The monoisotopic (exact) mass is 355 g/mol. The molecule has 1 aromatic carbocycles. The van der Waals surface area contributed by atoms with Crippen molar-refractivity contribution in [1.82, 2.24) is 10.3 Å². The number of para-hydroxylation sites is 1. The van der Waals surface area contributed by atoms with E-state index in [4.69, 9.17) is 4.74 Å². The van der Waals surface area contributed by atoms with Crippen LogP contribution in [0, 0.1) is 0 Å². The molecule has 26 heavy (non-hydrogen) atoms. The zero-order valence-corrected chi connectivity index (χ0v) is 14.9. The Morgan fingerprint density at radius 3 is 2.58 bits per heavy atom. The van der Waals surface area contributed by atoms with Gasteiger partial charge in [0.05, 0.1) is 18.4 Å². The molecule has 0 fully saturated rings. The van der Waals surface area contributed by atoms with E-state index in [1.54, 1.807) is 24.3 Å². The number of pyridine rings is 1. The Bertz CT molecular complexity index is 820. The summed E-state index contributed by atoms with van der Waals surface area (Å²) in [7, 11) is 1.27. The Morgan fingerprint density at radius 1 is 1.15 bits per heavy atom. The van der Waals surface area contributed by atoms with Crippen molar-refractivity contribution < 1.29 is 19.1 Å². The second kappa shape index (κ2) is 8.75. The highest BCUT2D eigenvalue weighted by molar-refractivity contribution is 6.08. The summed E-state index contributed by atoms with van der Waals surface area (Å²) < 4.78 is 4.70. The van der Waals surface area contributed by atoms with Crippen LogP contribution in [-0.2, 0) is 4.74 Å². The van der Waals surface area contributed by atoms with Gasteiger partial charge in [-0.1, -0.05) is 19.1 Å². The van der Waals surface area contributed by atoms with Crippen LogP contribution in [0.2, 0.25) is 0 Å². The van der Waals surface area contributed by atoms with Crippen molar-refractivity contribution in [1.29, 1.82) is 0 Å². The number of esters is 1. The first-order chi connectivity index (χ1) is 12.5. The number of methoxy groups -OCH3 is 1. The molecule has 136 valence electrons.